The van der Waals surface area contributed by atoms with E-state index in [4.69, 9.17) is 10.2 Å². The summed E-state index contributed by atoms with van der Waals surface area (Å²) in [6, 6.07) is 5.72. The highest BCUT2D eigenvalue weighted by Crippen LogP contribution is 2.31. The van der Waals surface area contributed by atoms with Crippen LogP contribution in [0.15, 0.2) is 24.3 Å². The van der Waals surface area contributed by atoms with Gasteiger partial charge in [0.05, 0.1) is 10.9 Å². The summed E-state index contributed by atoms with van der Waals surface area (Å²) in [4.78, 5) is 25.2. The fourth-order valence-corrected chi connectivity index (χ4v) is 1.69. The monoisotopic (exact) mass is 262 g/mol. The van der Waals surface area contributed by atoms with Crippen molar-refractivity contribution >= 4 is 28.5 Å². The van der Waals surface area contributed by atoms with Gasteiger partial charge in [-0.25, -0.2) is 9.78 Å². The predicted octanol–water partition coefficient (Wildman–Crippen LogP) is 1.14. The van der Waals surface area contributed by atoms with Crippen molar-refractivity contribution in [1.82, 2.24) is 4.98 Å². The van der Waals surface area contributed by atoms with E-state index in [1.54, 1.807) is 12.1 Å². The number of rotatable bonds is 4. The number of fused-ring (bicyclic) bond motifs is 1. The van der Waals surface area contributed by atoms with Gasteiger partial charge in [-0.1, -0.05) is 6.07 Å². The van der Waals surface area contributed by atoms with Gasteiger partial charge < -0.3 is 20.6 Å². The maximum atomic E-state index is 10.8. The van der Waals surface area contributed by atoms with Gasteiger partial charge in [-0.15, -0.1) is 0 Å². The first kappa shape index (κ1) is 12.6. The topological polar surface area (TPSA) is 120 Å². The van der Waals surface area contributed by atoms with E-state index < -0.39 is 11.9 Å². The number of carboxylic acid groups (broad SMARTS) is 2. The van der Waals surface area contributed by atoms with Crippen molar-refractivity contribution < 1.29 is 24.9 Å². The van der Waals surface area contributed by atoms with Crippen LogP contribution in [-0.4, -0.2) is 38.8 Å². The molecule has 0 saturated carbocycles. The maximum Gasteiger partial charge on any atom is 0.354 e. The molecule has 0 radical (unpaired) electrons. The molecule has 0 aliphatic carbocycles. The summed E-state index contributed by atoms with van der Waals surface area (Å²) >= 11 is 0. The Hall–Kier alpha value is -2.83. The summed E-state index contributed by atoms with van der Waals surface area (Å²) in [5.41, 5.74) is 0.370. The van der Waals surface area contributed by atoms with E-state index in [0.717, 1.165) is 6.07 Å². The van der Waals surface area contributed by atoms with Gasteiger partial charge in [0.25, 0.3) is 0 Å². The Balaban J connectivity index is 2.55. The average Bonchev–Trinajstić information content (AvgIpc) is 2.35. The fourth-order valence-electron chi connectivity index (χ4n) is 1.69. The Bertz CT molecular complexity index is 668. The van der Waals surface area contributed by atoms with Crippen LogP contribution in [0.2, 0.25) is 0 Å². The van der Waals surface area contributed by atoms with E-state index in [1.807, 2.05) is 0 Å². The molecule has 0 bridgehead atoms. The van der Waals surface area contributed by atoms with E-state index in [9.17, 15) is 14.7 Å². The molecule has 1 aromatic heterocycles. The molecule has 7 nitrogen and oxygen atoms in total. The Kier molecular flexibility index (Phi) is 3.19. The molecule has 7 heteroatoms. The lowest BCUT2D eigenvalue weighted by atomic mass is 10.1. The number of aromatic carboxylic acids is 1. The van der Waals surface area contributed by atoms with Crippen LogP contribution in [0.5, 0.6) is 5.75 Å². The Morgan fingerprint density at radius 2 is 2.00 bits per heavy atom. The van der Waals surface area contributed by atoms with Gasteiger partial charge >= 0.3 is 11.9 Å². The van der Waals surface area contributed by atoms with Crippen LogP contribution in [0.3, 0.4) is 0 Å². The number of aliphatic carboxylic acids is 1. The zero-order valence-corrected chi connectivity index (χ0v) is 9.62. The van der Waals surface area contributed by atoms with E-state index in [2.05, 4.69) is 10.3 Å². The first-order valence-electron chi connectivity index (χ1n) is 5.30. The first-order chi connectivity index (χ1) is 8.99. The van der Waals surface area contributed by atoms with Crippen molar-refractivity contribution in [3.63, 3.8) is 0 Å². The van der Waals surface area contributed by atoms with Crippen LogP contribution < -0.4 is 5.32 Å². The zero-order valence-electron chi connectivity index (χ0n) is 9.62. The van der Waals surface area contributed by atoms with Crippen molar-refractivity contribution in [2.45, 2.75) is 0 Å². The fraction of sp³-hybridized carbons (Fsp3) is 0.0833. The van der Waals surface area contributed by atoms with Gasteiger partial charge in [-0.2, -0.15) is 0 Å². The minimum atomic E-state index is -1.25. The molecule has 98 valence electrons. The van der Waals surface area contributed by atoms with Crippen LogP contribution in [0.1, 0.15) is 10.5 Å². The third-order valence-electron chi connectivity index (χ3n) is 2.46. The first-order valence-corrected chi connectivity index (χ1v) is 5.30. The molecule has 2 aromatic rings. The number of carbonyl (C=O) groups is 2. The molecular formula is C12H10N2O5. The van der Waals surface area contributed by atoms with E-state index in [-0.39, 0.29) is 28.9 Å². The van der Waals surface area contributed by atoms with Crippen molar-refractivity contribution in [3.8, 4) is 5.75 Å². The second kappa shape index (κ2) is 4.81. The van der Waals surface area contributed by atoms with Crippen LogP contribution in [-0.2, 0) is 4.79 Å². The highest BCUT2D eigenvalue weighted by Gasteiger charge is 2.13. The number of anilines is 1. The summed E-state index contributed by atoms with van der Waals surface area (Å²) in [5, 5.41) is 30.2. The van der Waals surface area contributed by atoms with Gasteiger partial charge in [-0.05, 0) is 12.1 Å². The van der Waals surface area contributed by atoms with Gasteiger partial charge in [0.15, 0.2) is 5.69 Å². The largest absolute Gasteiger partial charge is 0.507 e. The predicted molar refractivity (Wildman–Crippen MR) is 66.5 cm³/mol. The third-order valence-corrected chi connectivity index (χ3v) is 2.46. The number of pyridine rings is 1. The molecular weight excluding hydrogens is 252 g/mol. The second-order valence-electron chi connectivity index (χ2n) is 3.78. The van der Waals surface area contributed by atoms with Crippen LogP contribution in [0.4, 0.5) is 5.69 Å². The normalized spacial score (nSPS) is 10.3. The zero-order chi connectivity index (χ0) is 14.0. The van der Waals surface area contributed by atoms with Crippen molar-refractivity contribution in [1.29, 1.82) is 0 Å². The molecule has 0 aliphatic rings. The van der Waals surface area contributed by atoms with E-state index in [0.29, 0.717) is 5.69 Å². The molecule has 0 amide bonds. The summed E-state index contributed by atoms with van der Waals surface area (Å²) in [6.07, 6.45) is 0. The molecule has 0 aliphatic heterocycles. The lowest BCUT2D eigenvalue weighted by Crippen LogP contribution is -2.12. The van der Waals surface area contributed by atoms with Crippen LogP contribution in [0.25, 0.3) is 10.9 Å². The molecule has 2 rings (SSSR count). The SMILES string of the molecule is O=C(O)CNc1cccc2nc(C(=O)O)cc(O)c12. The summed E-state index contributed by atoms with van der Waals surface area (Å²) < 4.78 is 0. The smallest absolute Gasteiger partial charge is 0.354 e. The van der Waals surface area contributed by atoms with E-state index in [1.165, 1.54) is 6.07 Å². The molecule has 1 aromatic carbocycles. The number of aromatic nitrogens is 1. The molecule has 0 fully saturated rings. The summed E-state index contributed by atoms with van der Waals surface area (Å²) in [7, 11) is 0. The Morgan fingerprint density at radius 1 is 1.26 bits per heavy atom. The van der Waals surface area contributed by atoms with Crippen LogP contribution >= 0.6 is 0 Å². The molecule has 0 saturated heterocycles. The summed E-state index contributed by atoms with van der Waals surface area (Å²) in [5.74, 6) is -2.57. The van der Waals surface area contributed by atoms with Gasteiger partial charge in [0.2, 0.25) is 0 Å². The van der Waals surface area contributed by atoms with E-state index >= 15 is 0 Å². The molecule has 4 N–H and O–H groups in total. The van der Waals surface area contributed by atoms with Gasteiger partial charge in [0, 0.05) is 11.8 Å². The number of hydrogen-bond acceptors (Lipinski definition) is 5. The number of nitrogens with zero attached hydrogens (tertiary/aromatic N) is 1. The van der Waals surface area contributed by atoms with Crippen molar-refractivity contribution in [3.05, 3.63) is 30.0 Å². The third kappa shape index (κ3) is 2.54. The Morgan fingerprint density at radius 3 is 2.63 bits per heavy atom. The number of nitrogens with one attached hydrogen (secondary N) is 1. The second-order valence-corrected chi connectivity index (χ2v) is 3.78. The lowest BCUT2D eigenvalue weighted by molar-refractivity contribution is -0.134. The average molecular weight is 262 g/mol. The quantitative estimate of drug-likeness (QED) is 0.652. The van der Waals surface area contributed by atoms with Gasteiger partial charge in [-0.3, -0.25) is 4.79 Å². The minimum absolute atomic E-state index is 0.268. The number of carboxylic acids is 2. The van der Waals surface area contributed by atoms with Gasteiger partial charge in [0.1, 0.15) is 12.3 Å². The van der Waals surface area contributed by atoms with Crippen molar-refractivity contribution in [2.75, 3.05) is 11.9 Å². The Labute approximate surface area is 107 Å². The minimum Gasteiger partial charge on any atom is -0.507 e. The van der Waals surface area contributed by atoms with Crippen molar-refractivity contribution in [2.24, 2.45) is 0 Å². The number of benzene rings is 1. The number of hydrogen-bond donors (Lipinski definition) is 4. The highest BCUT2D eigenvalue weighted by molar-refractivity contribution is 6.00. The molecule has 19 heavy (non-hydrogen) atoms. The summed E-state index contributed by atoms with van der Waals surface area (Å²) in [6.45, 7) is -0.320. The standard InChI is InChI=1S/C12H10N2O5/c15-9-4-8(12(18)19)14-7-3-1-2-6(11(7)9)13-5-10(16)17/h1-4,13H,5H2,(H,14,15)(H,16,17)(H,18,19). The molecule has 0 atom stereocenters. The molecule has 0 spiro atoms. The number of aromatic hydroxyl groups is 1. The highest BCUT2D eigenvalue weighted by atomic mass is 16.4. The molecule has 1 heterocycles. The lowest BCUT2D eigenvalue weighted by Gasteiger charge is -2.09. The maximum absolute atomic E-state index is 10.8. The molecule has 0 unspecified atom stereocenters. The van der Waals surface area contributed by atoms with Crippen LogP contribution in [0, 0.1) is 0 Å².